The lowest BCUT2D eigenvalue weighted by Gasteiger charge is -2.36. The molecule has 130 valence electrons. The van der Waals surface area contributed by atoms with E-state index in [1.54, 1.807) is 21.3 Å². The van der Waals surface area contributed by atoms with Gasteiger partial charge in [-0.05, 0) is 6.92 Å². The summed E-state index contributed by atoms with van der Waals surface area (Å²) in [6, 6.07) is 1.41. The fourth-order valence-electron chi connectivity index (χ4n) is 2.88. The van der Waals surface area contributed by atoms with Crippen LogP contribution in [-0.4, -0.2) is 69.9 Å². The molecule has 1 aromatic rings. The van der Waals surface area contributed by atoms with Gasteiger partial charge >= 0.3 is 6.09 Å². The number of aromatic nitrogens is 2. The Kier molecular flexibility index (Phi) is 5.08. The van der Waals surface area contributed by atoms with Crippen molar-refractivity contribution < 1.29 is 14.3 Å². The van der Waals surface area contributed by atoms with Crippen molar-refractivity contribution in [3.05, 3.63) is 22.6 Å². The van der Waals surface area contributed by atoms with Crippen molar-refractivity contribution in [1.29, 1.82) is 0 Å². The summed E-state index contributed by atoms with van der Waals surface area (Å²) in [7, 11) is 0. The van der Waals surface area contributed by atoms with E-state index in [0.717, 1.165) is 0 Å². The Morgan fingerprint density at radius 3 is 2.71 bits per heavy atom. The van der Waals surface area contributed by atoms with Crippen molar-refractivity contribution in [3.8, 4) is 0 Å². The van der Waals surface area contributed by atoms with Crippen molar-refractivity contribution in [2.75, 3.05) is 38.5 Å². The van der Waals surface area contributed by atoms with Gasteiger partial charge in [0.05, 0.1) is 12.5 Å². The van der Waals surface area contributed by atoms with Gasteiger partial charge in [-0.1, -0.05) is 11.8 Å². The smallest absolute Gasteiger partial charge is 0.409 e. The largest absolute Gasteiger partial charge is 0.450 e. The lowest BCUT2D eigenvalue weighted by Crippen LogP contribution is -2.53. The van der Waals surface area contributed by atoms with Crippen molar-refractivity contribution in [1.82, 2.24) is 19.4 Å². The highest BCUT2D eigenvalue weighted by Gasteiger charge is 2.32. The molecule has 3 rings (SSSR count). The number of carbonyl (C=O) groups excluding carboxylic acids is 2. The molecule has 2 amide bonds. The number of hydrogen-bond acceptors (Lipinski definition) is 6. The molecule has 24 heavy (non-hydrogen) atoms. The molecule has 0 aliphatic carbocycles. The molecule has 0 bridgehead atoms. The number of fused-ring (bicyclic) bond motifs is 1. The summed E-state index contributed by atoms with van der Waals surface area (Å²) in [4.78, 5) is 43.9. The zero-order valence-corrected chi connectivity index (χ0v) is 14.3. The van der Waals surface area contributed by atoms with E-state index in [1.807, 2.05) is 0 Å². The number of hydrogen-bond donors (Lipinski definition) is 0. The first-order valence-electron chi connectivity index (χ1n) is 7.99. The summed E-state index contributed by atoms with van der Waals surface area (Å²) >= 11 is 1.44. The third kappa shape index (κ3) is 3.40. The van der Waals surface area contributed by atoms with E-state index in [2.05, 4.69) is 4.98 Å². The fourth-order valence-corrected chi connectivity index (χ4v) is 3.94. The lowest BCUT2D eigenvalue weighted by atomic mass is 10.1. The van der Waals surface area contributed by atoms with Crippen LogP contribution >= 0.6 is 11.8 Å². The zero-order valence-electron chi connectivity index (χ0n) is 13.5. The summed E-state index contributed by atoms with van der Waals surface area (Å²) < 4.78 is 6.54. The van der Waals surface area contributed by atoms with Gasteiger partial charge in [-0.25, -0.2) is 9.78 Å². The number of piperazine rings is 1. The molecule has 2 aliphatic rings. The van der Waals surface area contributed by atoms with Crippen LogP contribution in [0.15, 0.2) is 22.2 Å². The first-order valence-corrected chi connectivity index (χ1v) is 8.98. The van der Waals surface area contributed by atoms with Gasteiger partial charge in [-0.15, -0.1) is 0 Å². The molecule has 3 heterocycles. The van der Waals surface area contributed by atoms with Crippen molar-refractivity contribution >= 4 is 23.8 Å². The van der Waals surface area contributed by atoms with E-state index in [4.69, 9.17) is 4.74 Å². The Hall–Kier alpha value is -2.03. The van der Waals surface area contributed by atoms with Gasteiger partial charge in [0, 0.05) is 50.7 Å². The first-order chi connectivity index (χ1) is 11.6. The Labute approximate surface area is 143 Å². The third-order valence-corrected chi connectivity index (χ3v) is 5.34. The van der Waals surface area contributed by atoms with E-state index >= 15 is 0 Å². The number of carbonyl (C=O) groups is 2. The molecule has 0 aromatic carbocycles. The minimum atomic E-state index is -0.329. The van der Waals surface area contributed by atoms with Gasteiger partial charge < -0.3 is 14.5 Å². The van der Waals surface area contributed by atoms with Crippen LogP contribution in [0.1, 0.15) is 6.92 Å². The molecule has 1 atom stereocenters. The van der Waals surface area contributed by atoms with E-state index in [-0.39, 0.29) is 23.5 Å². The van der Waals surface area contributed by atoms with Crippen molar-refractivity contribution in [2.24, 2.45) is 5.92 Å². The predicted octanol–water partition coefficient (Wildman–Crippen LogP) is 0.266. The molecular weight excluding hydrogens is 332 g/mol. The topological polar surface area (TPSA) is 84.7 Å². The van der Waals surface area contributed by atoms with Crippen molar-refractivity contribution in [2.45, 2.75) is 18.6 Å². The number of nitrogens with zero attached hydrogens (tertiary/aromatic N) is 4. The highest BCUT2D eigenvalue weighted by atomic mass is 32.2. The molecule has 0 unspecified atom stereocenters. The normalized spacial score (nSPS) is 20.5. The molecule has 2 aliphatic heterocycles. The summed E-state index contributed by atoms with van der Waals surface area (Å²) in [6.45, 7) is 4.42. The highest BCUT2D eigenvalue weighted by molar-refractivity contribution is 7.99. The van der Waals surface area contributed by atoms with Gasteiger partial charge in [0.1, 0.15) is 0 Å². The van der Waals surface area contributed by atoms with E-state index in [0.29, 0.717) is 50.2 Å². The standard InChI is InChI=1S/C15H20N4O4S/c1-2-23-15(22)18-7-5-17(6-8-18)13(21)11-9-19-12(20)3-4-16-14(19)24-10-11/h3-4,11H,2,5-10H2,1H3/t11-/m0/s1. The van der Waals surface area contributed by atoms with E-state index in [9.17, 15) is 14.4 Å². The molecule has 9 heteroatoms. The van der Waals surface area contributed by atoms with Crippen LogP contribution in [0, 0.1) is 5.92 Å². The Morgan fingerprint density at radius 1 is 1.29 bits per heavy atom. The number of amides is 2. The second-order valence-corrected chi connectivity index (χ2v) is 6.68. The summed E-state index contributed by atoms with van der Waals surface area (Å²) in [5.74, 6) is 0.416. The molecule has 1 aromatic heterocycles. The molecule has 0 N–H and O–H groups in total. The molecule has 8 nitrogen and oxygen atoms in total. The first kappa shape index (κ1) is 16.8. The van der Waals surface area contributed by atoms with E-state index in [1.165, 1.54) is 24.0 Å². The number of rotatable bonds is 2. The Bertz CT molecular complexity index is 684. The molecule has 0 radical (unpaired) electrons. The summed E-state index contributed by atoms with van der Waals surface area (Å²) in [5.41, 5.74) is -0.128. The van der Waals surface area contributed by atoms with E-state index < -0.39 is 0 Å². The fraction of sp³-hybridized carbons (Fsp3) is 0.600. The van der Waals surface area contributed by atoms with Crippen LogP contribution in [0.3, 0.4) is 0 Å². The van der Waals surface area contributed by atoms with Crippen LogP contribution in [0.4, 0.5) is 4.79 Å². The van der Waals surface area contributed by atoms with Gasteiger partial charge in [0.2, 0.25) is 5.91 Å². The quantitative estimate of drug-likeness (QED) is 0.710. The second-order valence-electron chi connectivity index (χ2n) is 5.70. The maximum atomic E-state index is 12.7. The summed E-state index contributed by atoms with van der Waals surface area (Å²) in [6.07, 6.45) is 1.17. The van der Waals surface area contributed by atoms with Gasteiger partial charge in [-0.2, -0.15) is 0 Å². The number of thioether (sulfide) groups is 1. The van der Waals surface area contributed by atoms with Crippen LogP contribution in [0.25, 0.3) is 0 Å². The molecular formula is C15H20N4O4S. The number of ether oxygens (including phenoxy) is 1. The van der Waals surface area contributed by atoms with Gasteiger partial charge in [0.15, 0.2) is 5.16 Å². The molecule has 1 saturated heterocycles. The van der Waals surface area contributed by atoms with Crippen LogP contribution < -0.4 is 5.56 Å². The predicted molar refractivity (Wildman–Crippen MR) is 87.9 cm³/mol. The zero-order chi connectivity index (χ0) is 17.1. The molecule has 0 saturated carbocycles. The molecule has 1 fully saturated rings. The SMILES string of the molecule is CCOC(=O)N1CCN(C(=O)[C@@H]2CSc3nccc(=O)n3C2)CC1. The Balaban J connectivity index is 1.60. The van der Waals surface area contributed by atoms with Gasteiger partial charge in [0.25, 0.3) is 5.56 Å². The average molecular weight is 352 g/mol. The molecule has 0 spiro atoms. The second kappa shape index (κ2) is 7.25. The van der Waals surface area contributed by atoms with Crippen LogP contribution in [0.2, 0.25) is 0 Å². The third-order valence-electron chi connectivity index (χ3n) is 4.18. The Morgan fingerprint density at radius 2 is 2.00 bits per heavy atom. The lowest BCUT2D eigenvalue weighted by molar-refractivity contribution is -0.137. The minimum absolute atomic E-state index is 0.0346. The minimum Gasteiger partial charge on any atom is -0.450 e. The average Bonchev–Trinajstić information content (AvgIpc) is 2.61. The maximum absolute atomic E-state index is 12.7. The maximum Gasteiger partial charge on any atom is 0.409 e. The van der Waals surface area contributed by atoms with Crippen molar-refractivity contribution in [3.63, 3.8) is 0 Å². The summed E-state index contributed by atoms with van der Waals surface area (Å²) in [5, 5.41) is 0.665. The van der Waals surface area contributed by atoms with Crippen LogP contribution in [0.5, 0.6) is 0 Å². The monoisotopic (exact) mass is 352 g/mol. The van der Waals surface area contributed by atoms with Crippen LogP contribution in [-0.2, 0) is 16.1 Å². The highest BCUT2D eigenvalue weighted by Crippen LogP contribution is 2.26. The van der Waals surface area contributed by atoms with Gasteiger partial charge in [-0.3, -0.25) is 14.2 Å².